The lowest BCUT2D eigenvalue weighted by atomic mass is 9.80. The van der Waals surface area contributed by atoms with Crippen LogP contribution in [0.3, 0.4) is 0 Å². The lowest BCUT2D eigenvalue weighted by Gasteiger charge is -2.36. The fourth-order valence-corrected chi connectivity index (χ4v) is 4.99. The molecule has 3 aromatic rings. The van der Waals surface area contributed by atoms with Crippen LogP contribution >= 0.6 is 11.3 Å². The highest BCUT2D eigenvalue weighted by atomic mass is 32.1. The third-order valence-corrected chi connectivity index (χ3v) is 7.26. The maximum Gasteiger partial charge on any atom is 0.321 e. The Balaban J connectivity index is 1.62. The number of aliphatic carboxylic acids is 1. The minimum atomic E-state index is -0.763. The van der Waals surface area contributed by atoms with Crippen LogP contribution in [0.25, 0.3) is 27.0 Å². The fourth-order valence-electron chi connectivity index (χ4n) is 4.00. The number of amides is 2. The third-order valence-electron chi connectivity index (χ3n) is 6.24. The van der Waals surface area contributed by atoms with Gasteiger partial charge in [0.1, 0.15) is 0 Å². The van der Waals surface area contributed by atoms with Gasteiger partial charge in [0.25, 0.3) is 0 Å². The maximum atomic E-state index is 12.0. The summed E-state index contributed by atoms with van der Waals surface area (Å²) in [6, 6.07) is 3.54. The summed E-state index contributed by atoms with van der Waals surface area (Å²) in [5, 5.41) is 15.4. The van der Waals surface area contributed by atoms with Crippen molar-refractivity contribution in [3.63, 3.8) is 0 Å². The topological polar surface area (TPSA) is 142 Å². The van der Waals surface area contributed by atoms with Crippen molar-refractivity contribution < 1.29 is 19.5 Å². The van der Waals surface area contributed by atoms with Crippen molar-refractivity contribution in [2.75, 3.05) is 37.0 Å². The Bertz CT molecular complexity index is 1280. The van der Waals surface area contributed by atoms with Crippen LogP contribution < -0.4 is 21.0 Å². The molecule has 1 saturated heterocycles. The van der Waals surface area contributed by atoms with Gasteiger partial charge in [-0.1, -0.05) is 17.9 Å². The third kappa shape index (κ3) is 5.24. The standard InChI is InChI=1S/C24H29N7O4S/c1-5-25-22(34)29-23-28-18-11-15(10-17(19(18)36-23)14(2)30-35-4)16-12-26-21(27-13-16)31-8-6-24(3,7-9-31)20(32)33/h10-13,30H,2,5-9H2,1,3-4H3,(H,32,33)(H2,25,28,29,34). The van der Waals surface area contributed by atoms with Crippen molar-refractivity contribution in [1.82, 2.24) is 25.7 Å². The first-order valence-corrected chi connectivity index (χ1v) is 12.3. The monoisotopic (exact) mass is 511 g/mol. The summed E-state index contributed by atoms with van der Waals surface area (Å²) >= 11 is 1.34. The summed E-state index contributed by atoms with van der Waals surface area (Å²) in [7, 11) is 1.51. The number of aromatic nitrogens is 3. The molecule has 3 heterocycles. The van der Waals surface area contributed by atoms with Gasteiger partial charge in [0.05, 0.1) is 28.4 Å². The molecule has 1 aliphatic heterocycles. The second kappa shape index (κ2) is 10.5. The molecular formula is C24H29N7O4S. The molecule has 36 heavy (non-hydrogen) atoms. The van der Waals surface area contributed by atoms with E-state index in [1.165, 1.54) is 18.4 Å². The predicted octanol–water partition coefficient (Wildman–Crippen LogP) is 3.71. The Hall–Kier alpha value is -3.77. The molecule has 0 atom stereocenters. The molecule has 1 fully saturated rings. The summed E-state index contributed by atoms with van der Waals surface area (Å²) in [5.41, 5.74) is 5.69. The number of nitrogens with zero attached hydrogens (tertiary/aromatic N) is 4. The SMILES string of the molecule is C=C(NOC)c1cc(-c2cnc(N3CCC(C)(C(=O)O)CC3)nc2)cc2nc(NC(=O)NCC)sc12. The number of benzene rings is 1. The minimum absolute atomic E-state index is 0.322. The van der Waals surface area contributed by atoms with Crippen LogP contribution in [0.5, 0.6) is 0 Å². The number of carboxylic acid groups (broad SMARTS) is 1. The van der Waals surface area contributed by atoms with Crippen LogP contribution in [-0.2, 0) is 9.63 Å². The molecule has 2 amide bonds. The number of piperidine rings is 1. The van der Waals surface area contributed by atoms with E-state index in [1.54, 1.807) is 19.3 Å². The lowest BCUT2D eigenvalue weighted by molar-refractivity contribution is -0.149. The quantitative estimate of drug-likeness (QED) is 0.333. The van der Waals surface area contributed by atoms with Crippen molar-refractivity contribution in [1.29, 1.82) is 0 Å². The minimum Gasteiger partial charge on any atom is -0.481 e. The normalized spacial score (nSPS) is 14.9. The Morgan fingerprint density at radius 3 is 2.53 bits per heavy atom. The van der Waals surface area contributed by atoms with Gasteiger partial charge in [-0.3, -0.25) is 20.4 Å². The van der Waals surface area contributed by atoms with E-state index in [9.17, 15) is 14.7 Å². The predicted molar refractivity (Wildman–Crippen MR) is 140 cm³/mol. The van der Waals surface area contributed by atoms with Crippen molar-refractivity contribution in [2.24, 2.45) is 5.41 Å². The number of rotatable bonds is 8. The average Bonchev–Trinajstić information content (AvgIpc) is 3.26. The lowest BCUT2D eigenvalue weighted by Crippen LogP contribution is -2.43. The molecule has 2 aromatic heterocycles. The molecule has 0 radical (unpaired) electrons. The number of fused-ring (bicyclic) bond motifs is 1. The molecule has 0 aliphatic carbocycles. The van der Waals surface area contributed by atoms with Crippen molar-refractivity contribution in [3.8, 4) is 11.1 Å². The number of anilines is 2. The molecule has 11 nitrogen and oxygen atoms in total. The fraction of sp³-hybridized carbons (Fsp3) is 0.375. The smallest absolute Gasteiger partial charge is 0.321 e. The molecule has 12 heteroatoms. The van der Waals surface area contributed by atoms with E-state index in [-0.39, 0.29) is 6.03 Å². The second-order valence-corrected chi connectivity index (χ2v) is 9.78. The molecule has 4 rings (SSSR count). The van der Waals surface area contributed by atoms with E-state index in [1.807, 2.05) is 24.0 Å². The molecule has 0 spiro atoms. The first-order valence-electron chi connectivity index (χ1n) is 11.5. The van der Waals surface area contributed by atoms with Gasteiger partial charge < -0.3 is 15.3 Å². The van der Waals surface area contributed by atoms with Gasteiger partial charge in [0.2, 0.25) is 5.95 Å². The van der Waals surface area contributed by atoms with Crippen LogP contribution in [0.1, 0.15) is 32.3 Å². The van der Waals surface area contributed by atoms with Gasteiger partial charge in [-0.05, 0) is 44.4 Å². The highest BCUT2D eigenvalue weighted by molar-refractivity contribution is 7.22. The van der Waals surface area contributed by atoms with Gasteiger partial charge >= 0.3 is 12.0 Å². The largest absolute Gasteiger partial charge is 0.481 e. The molecule has 0 unspecified atom stereocenters. The van der Waals surface area contributed by atoms with Crippen LogP contribution in [0.15, 0.2) is 31.1 Å². The van der Waals surface area contributed by atoms with Crippen LogP contribution in [-0.4, -0.2) is 58.8 Å². The van der Waals surface area contributed by atoms with E-state index in [0.717, 1.165) is 21.4 Å². The van der Waals surface area contributed by atoms with Crippen molar-refractivity contribution in [2.45, 2.75) is 26.7 Å². The molecule has 1 aromatic carbocycles. The molecule has 0 saturated carbocycles. The van der Waals surface area contributed by atoms with Gasteiger partial charge in [0.15, 0.2) is 5.13 Å². The zero-order chi connectivity index (χ0) is 25.9. The number of hydrogen-bond acceptors (Lipinski definition) is 9. The van der Waals surface area contributed by atoms with Gasteiger partial charge in [-0.25, -0.2) is 19.7 Å². The second-order valence-electron chi connectivity index (χ2n) is 8.78. The highest BCUT2D eigenvalue weighted by Gasteiger charge is 2.37. The van der Waals surface area contributed by atoms with Gasteiger partial charge in [-0.15, -0.1) is 0 Å². The summed E-state index contributed by atoms with van der Waals surface area (Å²) < 4.78 is 0.840. The van der Waals surface area contributed by atoms with Crippen LogP contribution in [0.4, 0.5) is 15.9 Å². The number of nitrogens with one attached hydrogen (secondary N) is 3. The summed E-state index contributed by atoms with van der Waals surface area (Å²) in [6.45, 7) is 9.36. The van der Waals surface area contributed by atoms with E-state index in [2.05, 4.69) is 37.6 Å². The van der Waals surface area contributed by atoms with Crippen molar-refractivity contribution in [3.05, 3.63) is 36.7 Å². The first kappa shape index (κ1) is 25.3. The Labute approximate surface area is 212 Å². The summed E-state index contributed by atoms with van der Waals surface area (Å²) in [6.07, 6.45) is 4.56. The average molecular weight is 512 g/mol. The number of thiazole rings is 1. The zero-order valence-electron chi connectivity index (χ0n) is 20.4. The van der Waals surface area contributed by atoms with E-state index in [0.29, 0.717) is 54.8 Å². The van der Waals surface area contributed by atoms with Crippen LogP contribution in [0, 0.1) is 5.41 Å². The molecule has 4 N–H and O–H groups in total. The Morgan fingerprint density at radius 1 is 1.22 bits per heavy atom. The highest BCUT2D eigenvalue weighted by Crippen LogP contribution is 2.36. The van der Waals surface area contributed by atoms with E-state index < -0.39 is 11.4 Å². The number of carbonyl (C=O) groups is 2. The van der Waals surface area contributed by atoms with E-state index in [4.69, 9.17) is 4.84 Å². The summed E-state index contributed by atoms with van der Waals surface area (Å²) in [5.74, 6) is -0.194. The maximum absolute atomic E-state index is 12.0. The molecule has 1 aliphatic rings. The Morgan fingerprint density at radius 2 is 1.92 bits per heavy atom. The Kier molecular flexibility index (Phi) is 7.36. The zero-order valence-corrected chi connectivity index (χ0v) is 21.2. The molecule has 0 bridgehead atoms. The number of hydroxylamine groups is 1. The number of carbonyl (C=O) groups excluding carboxylic acids is 1. The summed E-state index contributed by atoms with van der Waals surface area (Å²) in [4.78, 5) is 44.2. The van der Waals surface area contributed by atoms with Crippen molar-refractivity contribution >= 4 is 50.3 Å². The van der Waals surface area contributed by atoms with Crippen LogP contribution in [0.2, 0.25) is 0 Å². The number of urea groups is 1. The first-order chi connectivity index (χ1) is 17.2. The molecule has 190 valence electrons. The molecular weight excluding hydrogens is 482 g/mol. The van der Waals surface area contributed by atoms with Gasteiger partial charge in [-0.2, -0.15) is 0 Å². The van der Waals surface area contributed by atoms with E-state index >= 15 is 0 Å². The van der Waals surface area contributed by atoms with Gasteiger partial charge in [0, 0.05) is 43.2 Å². The number of carboxylic acids is 1. The number of hydrogen-bond donors (Lipinski definition) is 4.